The van der Waals surface area contributed by atoms with Gasteiger partial charge in [-0.25, -0.2) is 8.42 Å². The summed E-state index contributed by atoms with van der Waals surface area (Å²) in [6.45, 7) is 0. The van der Waals surface area contributed by atoms with E-state index in [-0.39, 0.29) is 16.5 Å². The van der Waals surface area contributed by atoms with Crippen LogP contribution in [-0.2, 0) is 16.0 Å². The average molecular weight is 411 g/mol. The summed E-state index contributed by atoms with van der Waals surface area (Å²) in [6, 6.07) is 8.14. The third kappa shape index (κ3) is 4.55. The fourth-order valence-electron chi connectivity index (χ4n) is 3.44. The number of nitrogens with one attached hydrogen (secondary N) is 1. The van der Waals surface area contributed by atoms with Gasteiger partial charge in [-0.15, -0.1) is 0 Å². The van der Waals surface area contributed by atoms with Crippen LogP contribution in [0.15, 0.2) is 52.2 Å². The Bertz CT molecular complexity index is 1050. The fraction of sp³-hybridized carbons (Fsp3) is 0.350. The number of pyridine rings is 1. The zero-order valence-corrected chi connectivity index (χ0v) is 16.0. The second-order valence-electron chi connectivity index (χ2n) is 7.03. The van der Waals surface area contributed by atoms with Crippen LogP contribution in [-0.4, -0.2) is 19.7 Å². The molecule has 1 aliphatic rings. The monoisotopic (exact) mass is 411 g/mol. The molecule has 0 aliphatic heterocycles. The Kier molecular flexibility index (Phi) is 5.52. The molecule has 0 spiro atoms. The molecule has 0 radical (unpaired) electrons. The Morgan fingerprint density at radius 2 is 1.68 bits per heavy atom. The molecule has 2 aromatic rings. The molecule has 1 fully saturated rings. The van der Waals surface area contributed by atoms with Crippen LogP contribution in [0.4, 0.5) is 13.2 Å². The Hall–Kier alpha value is -2.35. The topological polar surface area (TPSA) is 67.0 Å². The van der Waals surface area contributed by atoms with E-state index in [1.54, 1.807) is 12.1 Å². The molecule has 1 aliphatic carbocycles. The molecule has 150 valence electrons. The molecule has 3 rings (SSSR count). The van der Waals surface area contributed by atoms with Crippen LogP contribution in [0.25, 0.3) is 5.57 Å². The van der Waals surface area contributed by atoms with Gasteiger partial charge in [-0.1, -0.05) is 31.1 Å². The van der Waals surface area contributed by atoms with Gasteiger partial charge in [-0.3, -0.25) is 4.79 Å². The van der Waals surface area contributed by atoms with Gasteiger partial charge in [0, 0.05) is 17.5 Å². The summed E-state index contributed by atoms with van der Waals surface area (Å²) in [5.74, 6) is 0.260. The van der Waals surface area contributed by atoms with Crippen molar-refractivity contribution in [2.45, 2.75) is 36.8 Å². The number of sulfone groups is 1. The number of alkyl halides is 3. The van der Waals surface area contributed by atoms with Gasteiger partial charge in [-0.2, -0.15) is 13.2 Å². The highest BCUT2D eigenvalue weighted by atomic mass is 32.2. The molecule has 8 heteroatoms. The fourth-order valence-corrected chi connectivity index (χ4v) is 4.07. The summed E-state index contributed by atoms with van der Waals surface area (Å²) in [5, 5.41) is 0. The van der Waals surface area contributed by atoms with E-state index in [4.69, 9.17) is 0 Å². The molecule has 1 saturated carbocycles. The summed E-state index contributed by atoms with van der Waals surface area (Å²) in [6.07, 6.45) is 2.42. The van der Waals surface area contributed by atoms with E-state index in [9.17, 15) is 26.4 Å². The molecule has 1 N–H and O–H groups in total. The van der Waals surface area contributed by atoms with Crippen molar-refractivity contribution >= 4 is 15.4 Å². The molecule has 0 unspecified atom stereocenters. The summed E-state index contributed by atoms with van der Waals surface area (Å²) in [5.41, 5.74) is -0.941. The molecule has 1 aromatic carbocycles. The second kappa shape index (κ2) is 7.58. The van der Waals surface area contributed by atoms with Crippen LogP contribution in [0.3, 0.4) is 0 Å². The number of rotatable bonds is 4. The van der Waals surface area contributed by atoms with E-state index >= 15 is 0 Å². The molecule has 1 heterocycles. The van der Waals surface area contributed by atoms with E-state index < -0.39 is 27.1 Å². The first-order valence-corrected chi connectivity index (χ1v) is 10.8. The van der Waals surface area contributed by atoms with Gasteiger partial charge in [0.2, 0.25) is 0 Å². The van der Waals surface area contributed by atoms with E-state index in [0.29, 0.717) is 11.1 Å². The van der Waals surface area contributed by atoms with Gasteiger partial charge in [0.1, 0.15) is 5.56 Å². The number of H-pyrrole nitrogens is 1. The van der Waals surface area contributed by atoms with E-state index in [0.717, 1.165) is 38.0 Å². The second-order valence-corrected chi connectivity index (χ2v) is 9.05. The maximum atomic E-state index is 12.9. The van der Waals surface area contributed by atoms with Gasteiger partial charge >= 0.3 is 6.18 Å². The SMILES string of the molecule is CS(=O)(=O)c1ccc(/C(=C\C2CCCC2)c2ccc(C(F)(F)F)c(=O)[nH]2)cc1. The van der Waals surface area contributed by atoms with Crippen molar-refractivity contribution in [1.82, 2.24) is 4.98 Å². The van der Waals surface area contributed by atoms with Crippen molar-refractivity contribution in [2.75, 3.05) is 6.26 Å². The van der Waals surface area contributed by atoms with Crippen molar-refractivity contribution in [2.24, 2.45) is 5.92 Å². The summed E-state index contributed by atoms with van der Waals surface area (Å²) < 4.78 is 62.0. The lowest BCUT2D eigenvalue weighted by molar-refractivity contribution is -0.138. The molecule has 1 aromatic heterocycles. The van der Waals surface area contributed by atoms with Gasteiger partial charge in [0.25, 0.3) is 5.56 Å². The smallest absolute Gasteiger partial charge is 0.321 e. The minimum absolute atomic E-state index is 0.150. The normalized spacial score (nSPS) is 16.5. The number of hydrogen-bond donors (Lipinski definition) is 1. The zero-order valence-electron chi connectivity index (χ0n) is 15.2. The lowest BCUT2D eigenvalue weighted by atomic mass is 9.96. The highest BCUT2D eigenvalue weighted by Crippen LogP contribution is 2.32. The number of halogens is 3. The quantitative estimate of drug-likeness (QED) is 0.810. The third-order valence-electron chi connectivity index (χ3n) is 4.90. The highest BCUT2D eigenvalue weighted by molar-refractivity contribution is 7.90. The predicted octanol–water partition coefficient (Wildman–Crippen LogP) is 4.42. The van der Waals surface area contributed by atoms with Crippen molar-refractivity contribution in [3.8, 4) is 0 Å². The summed E-state index contributed by atoms with van der Waals surface area (Å²) in [4.78, 5) is 14.5. The van der Waals surface area contributed by atoms with Crippen molar-refractivity contribution < 1.29 is 21.6 Å². The predicted molar refractivity (Wildman–Crippen MR) is 101 cm³/mol. The molecular formula is C20H20F3NO3S. The van der Waals surface area contributed by atoms with Crippen molar-refractivity contribution in [3.63, 3.8) is 0 Å². The number of aromatic nitrogens is 1. The Morgan fingerprint density at radius 3 is 2.18 bits per heavy atom. The largest absolute Gasteiger partial charge is 0.421 e. The molecule has 28 heavy (non-hydrogen) atoms. The first-order chi connectivity index (χ1) is 13.1. The highest BCUT2D eigenvalue weighted by Gasteiger charge is 2.34. The maximum Gasteiger partial charge on any atom is 0.421 e. The minimum Gasteiger partial charge on any atom is -0.321 e. The Balaban J connectivity index is 2.08. The standard InChI is InChI=1S/C20H20F3NO3S/c1-28(26,27)15-8-6-14(7-9-15)16(12-13-4-2-3-5-13)18-11-10-17(19(25)24-18)20(21,22)23/h6-13H,2-5H2,1H3,(H,24,25)/b16-12+. The average Bonchev–Trinajstić information content (AvgIpc) is 3.11. The van der Waals surface area contributed by atoms with Crippen LogP contribution in [0.5, 0.6) is 0 Å². The number of aromatic amines is 1. The van der Waals surface area contributed by atoms with Crippen LogP contribution in [0.2, 0.25) is 0 Å². The van der Waals surface area contributed by atoms with Crippen LogP contribution >= 0.6 is 0 Å². The molecule has 0 bridgehead atoms. The lowest BCUT2D eigenvalue weighted by Crippen LogP contribution is -2.22. The molecule has 0 atom stereocenters. The summed E-state index contributed by atoms with van der Waals surface area (Å²) in [7, 11) is -3.36. The maximum absolute atomic E-state index is 12.9. The van der Waals surface area contributed by atoms with Gasteiger partial charge < -0.3 is 4.98 Å². The first kappa shape index (κ1) is 20.4. The van der Waals surface area contributed by atoms with E-state index in [1.807, 2.05) is 6.08 Å². The van der Waals surface area contributed by atoms with E-state index in [1.165, 1.54) is 18.2 Å². The molecule has 0 amide bonds. The lowest BCUT2D eigenvalue weighted by Gasteiger charge is -2.13. The third-order valence-corrected chi connectivity index (χ3v) is 6.03. The van der Waals surface area contributed by atoms with Gasteiger partial charge in [0.05, 0.1) is 4.90 Å². The molecular weight excluding hydrogens is 391 g/mol. The van der Waals surface area contributed by atoms with Crippen molar-refractivity contribution in [1.29, 1.82) is 0 Å². The zero-order chi connectivity index (χ0) is 20.5. The number of benzene rings is 1. The van der Waals surface area contributed by atoms with Crippen molar-refractivity contribution in [3.05, 3.63) is 69.6 Å². The van der Waals surface area contributed by atoms with Crippen LogP contribution in [0, 0.1) is 5.92 Å². The number of hydrogen-bond acceptors (Lipinski definition) is 3. The minimum atomic E-state index is -4.72. The van der Waals surface area contributed by atoms with Crippen LogP contribution in [0.1, 0.15) is 42.5 Å². The first-order valence-electron chi connectivity index (χ1n) is 8.89. The Labute approximate surface area is 161 Å². The molecule has 0 saturated heterocycles. The summed E-state index contributed by atoms with van der Waals surface area (Å²) >= 11 is 0. The van der Waals surface area contributed by atoms with Gasteiger partial charge in [-0.05, 0) is 48.6 Å². The number of allylic oxidation sites excluding steroid dienone is 1. The van der Waals surface area contributed by atoms with Gasteiger partial charge in [0.15, 0.2) is 9.84 Å². The molecule has 4 nitrogen and oxygen atoms in total. The van der Waals surface area contributed by atoms with E-state index in [2.05, 4.69) is 4.98 Å². The van der Waals surface area contributed by atoms with Crippen LogP contribution < -0.4 is 5.56 Å². The Morgan fingerprint density at radius 1 is 1.07 bits per heavy atom.